The van der Waals surface area contributed by atoms with Crippen molar-refractivity contribution in [1.29, 1.82) is 0 Å². The van der Waals surface area contributed by atoms with Gasteiger partial charge in [0.25, 0.3) is 0 Å². The number of nitrogens with zero attached hydrogens (tertiary/aromatic N) is 3. The quantitative estimate of drug-likeness (QED) is 0.283. The number of carbonyl (C=O) groups is 1. The molecule has 2 rings (SSSR count). The third kappa shape index (κ3) is 10.1. The van der Waals surface area contributed by atoms with E-state index >= 15 is 0 Å². The van der Waals surface area contributed by atoms with E-state index in [-0.39, 0.29) is 36.4 Å². The Bertz CT molecular complexity index is 522. The van der Waals surface area contributed by atoms with Gasteiger partial charge in [0.1, 0.15) is 6.54 Å². The molecule has 176 valence electrons. The van der Waals surface area contributed by atoms with Gasteiger partial charge < -0.3 is 25.2 Å². The number of amides is 1. The Balaban J connectivity index is 0.00000450. The van der Waals surface area contributed by atoms with Gasteiger partial charge in [-0.05, 0) is 45.4 Å². The minimum atomic E-state index is 0. The molecule has 7 nitrogen and oxygen atoms in total. The molecule has 1 saturated carbocycles. The lowest BCUT2D eigenvalue weighted by atomic mass is 9.86. The Morgan fingerprint density at radius 2 is 1.80 bits per heavy atom. The van der Waals surface area contributed by atoms with Crippen LogP contribution < -0.4 is 10.6 Å². The molecule has 0 spiro atoms. The smallest absolute Gasteiger partial charge is 0.243 e. The number of carbonyl (C=O) groups excluding carboxylic acids is 1. The Labute approximate surface area is 200 Å². The van der Waals surface area contributed by atoms with Gasteiger partial charge in [-0.3, -0.25) is 4.79 Å². The van der Waals surface area contributed by atoms with Gasteiger partial charge >= 0.3 is 0 Å². The molecule has 1 amide bonds. The SMILES string of the molecule is CC(C)OCCN1CCC(NC(=NCC(=O)N(C)C)NC2CCCCC2C)CC1.I. The zero-order valence-electron chi connectivity index (χ0n) is 19.7. The molecule has 30 heavy (non-hydrogen) atoms. The van der Waals surface area contributed by atoms with Gasteiger partial charge in [-0.15, -0.1) is 24.0 Å². The van der Waals surface area contributed by atoms with Crippen LogP contribution >= 0.6 is 24.0 Å². The molecule has 8 heteroatoms. The van der Waals surface area contributed by atoms with E-state index in [9.17, 15) is 4.79 Å². The second-order valence-electron chi connectivity index (χ2n) is 9.15. The number of hydrogen-bond donors (Lipinski definition) is 2. The molecule has 2 N–H and O–H groups in total. The topological polar surface area (TPSA) is 69.2 Å². The number of rotatable bonds is 8. The minimum Gasteiger partial charge on any atom is -0.377 e. The summed E-state index contributed by atoms with van der Waals surface area (Å²) in [5.74, 6) is 1.48. The first-order valence-corrected chi connectivity index (χ1v) is 11.5. The molecule has 2 atom stereocenters. The van der Waals surface area contributed by atoms with Crippen molar-refractivity contribution in [2.24, 2.45) is 10.9 Å². The van der Waals surface area contributed by atoms with E-state index in [1.54, 1.807) is 19.0 Å². The molecule has 2 unspecified atom stereocenters. The Kier molecular flexibility index (Phi) is 13.2. The van der Waals surface area contributed by atoms with Crippen molar-refractivity contribution in [2.45, 2.75) is 77.5 Å². The molecule has 2 fully saturated rings. The van der Waals surface area contributed by atoms with Crippen LogP contribution in [0.15, 0.2) is 4.99 Å². The fraction of sp³-hybridized carbons (Fsp3) is 0.909. The predicted molar refractivity (Wildman–Crippen MR) is 135 cm³/mol. The minimum absolute atomic E-state index is 0. The zero-order chi connectivity index (χ0) is 21.2. The summed E-state index contributed by atoms with van der Waals surface area (Å²) < 4.78 is 5.68. The van der Waals surface area contributed by atoms with Gasteiger partial charge in [0, 0.05) is 45.8 Å². The third-order valence-electron chi connectivity index (χ3n) is 6.09. The summed E-state index contributed by atoms with van der Waals surface area (Å²) in [5, 5.41) is 7.26. The highest BCUT2D eigenvalue weighted by molar-refractivity contribution is 14.0. The first-order chi connectivity index (χ1) is 13.8. The lowest BCUT2D eigenvalue weighted by Gasteiger charge is -2.35. The van der Waals surface area contributed by atoms with Gasteiger partial charge in [-0.25, -0.2) is 4.99 Å². The number of aliphatic imine (C=N–C) groups is 1. The summed E-state index contributed by atoms with van der Waals surface area (Å²) in [4.78, 5) is 20.7. The molecule has 0 aromatic rings. The van der Waals surface area contributed by atoms with E-state index in [0.29, 0.717) is 24.1 Å². The van der Waals surface area contributed by atoms with Crippen LogP contribution in [0, 0.1) is 5.92 Å². The highest BCUT2D eigenvalue weighted by Crippen LogP contribution is 2.23. The first kappa shape index (κ1) is 27.4. The number of ether oxygens (including phenoxy) is 1. The van der Waals surface area contributed by atoms with Crippen molar-refractivity contribution in [3.63, 3.8) is 0 Å². The van der Waals surface area contributed by atoms with Crippen molar-refractivity contribution < 1.29 is 9.53 Å². The van der Waals surface area contributed by atoms with Crippen LogP contribution in [0.3, 0.4) is 0 Å². The van der Waals surface area contributed by atoms with Crippen LogP contribution in [0.5, 0.6) is 0 Å². The number of halogens is 1. The van der Waals surface area contributed by atoms with Crippen molar-refractivity contribution in [3.05, 3.63) is 0 Å². The van der Waals surface area contributed by atoms with E-state index in [0.717, 1.165) is 45.0 Å². The molecule has 0 bridgehead atoms. The van der Waals surface area contributed by atoms with Crippen LogP contribution in [-0.4, -0.2) is 86.7 Å². The predicted octanol–water partition coefficient (Wildman–Crippen LogP) is 2.70. The lowest BCUT2D eigenvalue weighted by Crippen LogP contribution is -2.53. The number of nitrogens with one attached hydrogen (secondary N) is 2. The maximum absolute atomic E-state index is 12.0. The average Bonchev–Trinajstić information content (AvgIpc) is 2.68. The van der Waals surface area contributed by atoms with E-state index in [2.05, 4.69) is 41.3 Å². The standard InChI is InChI=1S/C22H43N5O2.HI/c1-17(2)29-15-14-27-12-10-19(11-13-27)24-22(23-16-21(28)26(4)5)25-20-9-7-6-8-18(20)3;/h17-20H,6-16H2,1-5H3,(H2,23,24,25);1H. The summed E-state index contributed by atoms with van der Waals surface area (Å²) in [5.41, 5.74) is 0. The molecule has 0 aromatic carbocycles. The maximum atomic E-state index is 12.0. The van der Waals surface area contributed by atoms with Gasteiger partial charge in [0.15, 0.2) is 5.96 Å². The first-order valence-electron chi connectivity index (χ1n) is 11.5. The molecule has 2 aliphatic rings. The molecule has 1 saturated heterocycles. The Hall–Kier alpha value is -0.610. The van der Waals surface area contributed by atoms with Crippen LogP contribution in [-0.2, 0) is 9.53 Å². The lowest BCUT2D eigenvalue weighted by molar-refractivity contribution is -0.127. The van der Waals surface area contributed by atoms with E-state index in [4.69, 9.17) is 4.74 Å². The van der Waals surface area contributed by atoms with E-state index in [1.165, 1.54) is 25.7 Å². The van der Waals surface area contributed by atoms with Crippen molar-refractivity contribution >= 4 is 35.8 Å². The Morgan fingerprint density at radius 3 is 2.40 bits per heavy atom. The largest absolute Gasteiger partial charge is 0.377 e. The summed E-state index contributed by atoms with van der Waals surface area (Å²) in [6.45, 7) is 10.6. The number of hydrogen-bond acceptors (Lipinski definition) is 4. The van der Waals surface area contributed by atoms with Gasteiger partial charge in [0.05, 0.1) is 12.7 Å². The number of guanidine groups is 1. The van der Waals surface area contributed by atoms with Crippen LogP contribution in [0.4, 0.5) is 0 Å². The summed E-state index contributed by atoms with van der Waals surface area (Å²) >= 11 is 0. The second-order valence-corrected chi connectivity index (χ2v) is 9.15. The number of likely N-dealkylation sites (tertiary alicyclic amines) is 1. The highest BCUT2D eigenvalue weighted by Gasteiger charge is 2.25. The fourth-order valence-electron chi connectivity index (χ4n) is 4.04. The maximum Gasteiger partial charge on any atom is 0.243 e. The van der Waals surface area contributed by atoms with E-state index in [1.807, 2.05) is 0 Å². The molecule has 0 radical (unpaired) electrons. The Morgan fingerprint density at radius 1 is 1.13 bits per heavy atom. The monoisotopic (exact) mass is 537 g/mol. The summed E-state index contributed by atoms with van der Waals surface area (Å²) in [7, 11) is 3.56. The van der Waals surface area contributed by atoms with Crippen LogP contribution in [0.2, 0.25) is 0 Å². The van der Waals surface area contributed by atoms with Crippen LogP contribution in [0.25, 0.3) is 0 Å². The highest BCUT2D eigenvalue weighted by atomic mass is 127. The van der Waals surface area contributed by atoms with Gasteiger partial charge in [0.2, 0.25) is 5.91 Å². The van der Waals surface area contributed by atoms with Crippen molar-refractivity contribution in [1.82, 2.24) is 20.4 Å². The van der Waals surface area contributed by atoms with Crippen LogP contribution in [0.1, 0.15) is 59.3 Å². The molecular formula is C22H44IN5O2. The van der Waals surface area contributed by atoms with E-state index < -0.39 is 0 Å². The van der Waals surface area contributed by atoms with Gasteiger partial charge in [-0.2, -0.15) is 0 Å². The fourth-order valence-corrected chi connectivity index (χ4v) is 4.04. The third-order valence-corrected chi connectivity index (χ3v) is 6.09. The number of piperidine rings is 1. The molecule has 1 aliphatic heterocycles. The normalized spacial score (nSPS) is 23.7. The molecule has 1 aliphatic carbocycles. The van der Waals surface area contributed by atoms with Crippen molar-refractivity contribution in [2.75, 3.05) is 46.9 Å². The zero-order valence-corrected chi connectivity index (χ0v) is 22.0. The van der Waals surface area contributed by atoms with Gasteiger partial charge in [-0.1, -0.05) is 19.8 Å². The summed E-state index contributed by atoms with van der Waals surface area (Å²) in [6.07, 6.45) is 7.50. The summed E-state index contributed by atoms with van der Waals surface area (Å²) in [6, 6.07) is 0.842. The average molecular weight is 538 g/mol. The second kappa shape index (κ2) is 14.5. The molecular weight excluding hydrogens is 493 g/mol. The molecule has 1 heterocycles. The molecule has 0 aromatic heterocycles. The van der Waals surface area contributed by atoms with Crippen molar-refractivity contribution in [3.8, 4) is 0 Å². The number of likely N-dealkylation sites (N-methyl/N-ethyl adjacent to an activating group) is 1.